The summed E-state index contributed by atoms with van der Waals surface area (Å²) in [6.45, 7) is -2.85. The molecule has 0 radical (unpaired) electrons. The van der Waals surface area contributed by atoms with Gasteiger partial charge >= 0.3 is 12.6 Å². The lowest BCUT2D eigenvalue weighted by atomic mass is 10.1. The molecule has 0 aromatic heterocycles. The Morgan fingerprint density at radius 2 is 2.12 bits per heavy atom. The van der Waals surface area contributed by atoms with E-state index in [9.17, 15) is 13.6 Å². The molecule has 2 rings (SSSR count). The maximum absolute atomic E-state index is 12.2. The van der Waals surface area contributed by atoms with Gasteiger partial charge in [0.05, 0.1) is 12.7 Å². The van der Waals surface area contributed by atoms with Crippen LogP contribution >= 0.6 is 0 Å². The van der Waals surface area contributed by atoms with E-state index in [4.69, 9.17) is 0 Å². The van der Waals surface area contributed by atoms with Crippen molar-refractivity contribution < 1.29 is 23.0 Å². The number of hydrogen-bond acceptors (Lipinski definition) is 3. The van der Waals surface area contributed by atoms with Gasteiger partial charge in [-0.25, -0.2) is 4.79 Å². The zero-order chi connectivity index (χ0) is 12.4. The van der Waals surface area contributed by atoms with Gasteiger partial charge in [0.15, 0.2) is 0 Å². The zero-order valence-electron chi connectivity index (χ0n) is 9.28. The van der Waals surface area contributed by atoms with Gasteiger partial charge in [-0.1, -0.05) is 0 Å². The van der Waals surface area contributed by atoms with Crippen molar-refractivity contribution >= 4 is 5.97 Å². The van der Waals surface area contributed by atoms with Gasteiger partial charge in [0.2, 0.25) is 0 Å². The Balaban J connectivity index is 2.31. The van der Waals surface area contributed by atoms with Crippen LogP contribution in [0.4, 0.5) is 8.78 Å². The Hall–Kier alpha value is -1.65. The molecular weight excluding hydrogens is 230 g/mol. The number of hydrogen-bond donors (Lipinski definition) is 0. The molecule has 0 spiro atoms. The molecule has 1 aromatic carbocycles. The number of methoxy groups -OCH3 is 1. The number of halogens is 2. The zero-order valence-corrected chi connectivity index (χ0v) is 9.28. The van der Waals surface area contributed by atoms with Crippen LogP contribution < -0.4 is 4.74 Å². The SMILES string of the molecule is COC(=O)c1ccc(OC(F)F)c(C2CC2)c1. The lowest BCUT2D eigenvalue weighted by molar-refractivity contribution is -0.0504. The van der Waals surface area contributed by atoms with Gasteiger partial charge in [0, 0.05) is 0 Å². The fourth-order valence-corrected chi connectivity index (χ4v) is 1.71. The van der Waals surface area contributed by atoms with Crippen LogP contribution in [-0.2, 0) is 4.74 Å². The molecule has 1 aromatic rings. The third-order valence-corrected chi connectivity index (χ3v) is 2.66. The van der Waals surface area contributed by atoms with Crippen molar-refractivity contribution in [2.24, 2.45) is 0 Å². The molecule has 1 aliphatic rings. The number of alkyl halides is 2. The third kappa shape index (κ3) is 2.72. The average molecular weight is 242 g/mol. The molecule has 0 N–H and O–H groups in total. The van der Waals surface area contributed by atoms with Crippen LogP contribution in [0, 0.1) is 0 Å². The van der Waals surface area contributed by atoms with E-state index in [1.165, 1.54) is 19.2 Å². The van der Waals surface area contributed by atoms with Crippen molar-refractivity contribution in [2.75, 3.05) is 7.11 Å². The normalized spacial score (nSPS) is 14.8. The summed E-state index contributed by atoms with van der Waals surface area (Å²) in [5.74, 6) is -0.112. The smallest absolute Gasteiger partial charge is 0.387 e. The standard InChI is InChI=1S/C12H12F2O3/c1-16-11(15)8-4-5-10(17-12(13)14)9(6-8)7-2-3-7/h4-7,12H,2-3H2,1H3. The Morgan fingerprint density at radius 1 is 1.41 bits per heavy atom. The molecule has 0 atom stereocenters. The van der Waals surface area contributed by atoms with E-state index in [0.29, 0.717) is 11.1 Å². The van der Waals surface area contributed by atoms with Gasteiger partial charge < -0.3 is 9.47 Å². The fraction of sp³-hybridized carbons (Fsp3) is 0.417. The van der Waals surface area contributed by atoms with E-state index in [1.807, 2.05) is 0 Å². The maximum atomic E-state index is 12.2. The second kappa shape index (κ2) is 4.69. The molecular formula is C12H12F2O3. The fourth-order valence-electron chi connectivity index (χ4n) is 1.71. The van der Waals surface area contributed by atoms with Crippen molar-refractivity contribution in [1.82, 2.24) is 0 Å². The number of carbonyl (C=O) groups is 1. The van der Waals surface area contributed by atoms with Gasteiger partial charge in [-0.15, -0.1) is 0 Å². The molecule has 5 heteroatoms. The van der Waals surface area contributed by atoms with Crippen LogP contribution in [-0.4, -0.2) is 19.7 Å². The molecule has 17 heavy (non-hydrogen) atoms. The van der Waals surface area contributed by atoms with Gasteiger partial charge in [-0.05, 0) is 42.5 Å². The maximum Gasteiger partial charge on any atom is 0.387 e. The van der Waals surface area contributed by atoms with Gasteiger partial charge in [0.25, 0.3) is 0 Å². The lowest BCUT2D eigenvalue weighted by Gasteiger charge is -2.11. The van der Waals surface area contributed by atoms with E-state index in [1.54, 1.807) is 6.07 Å². The van der Waals surface area contributed by atoms with Crippen LogP contribution in [0.25, 0.3) is 0 Å². The predicted octanol–water partition coefficient (Wildman–Crippen LogP) is 2.95. The molecule has 0 bridgehead atoms. The molecule has 0 aliphatic heterocycles. The van der Waals surface area contributed by atoms with Crippen molar-refractivity contribution in [2.45, 2.75) is 25.4 Å². The van der Waals surface area contributed by atoms with E-state index >= 15 is 0 Å². The summed E-state index contributed by atoms with van der Waals surface area (Å²) in [5.41, 5.74) is 1.02. The summed E-state index contributed by atoms with van der Waals surface area (Å²) < 4.78 is 33.4. The first kappa shape index (κ1) is 11.8. The second-order valence-corrected chi connectivity index (χ2v) is 3.90. The van der Waals surface area contributed by atoms with Crippen LogP contribution in [0.1, 0.15) is 34.7 Å². The van der Waals surface area contributed by atoms with E-state index in [2.05, 4.69) is 9.47 Å². The minimum Gasteiger partial charge on any atom is -0.465 e. The number of esters is 1. The molecule has 1 aliphatic carbocycles. The second-order valence-electron chi connectivity index (χ2n) is 3.90. The minimum absolute atomic E-state index is 0.148. The van der Waals surface area contributed by atoms with E-state index in [0.717, 1.165) is 12.8 Å². The van der Waals surface area contributed by atoms with Crippen LogP contribution in [0.5, 0.6) is 5.75 Å². The summed E-state index contributed by atoms with van der Waals surface area (Å²) >= 11 is 0. The highest BCUT2D eigenvalue weighted by Gasteiger charge is 2.28. The Labute approximate surface area is 97.3 Å². The average Bonchev–Trinajstić information content (AvgIpc) is 3.11. The monoisotopic (exact) mass is 242 g/mol. The van der Waals surface area contributed by atoms with Crippen molar-refractivity contribution in [1.29, 1.82) is 0 Å². The van der Waals surface area contributed by atoms with Gasteiger partial charge in [-0.2, -0.15) is 8.78 Å². The molecule has 92 valence electrons. The first-order chi connectivity index (χ1) is 8.11. The molecule has 1 saturated carbocycles. The third-order valence-electron chi connectivity index (χ3n) is 2.66. The largest absolute Gasteiger partial charge is 0.465 e. The Bertz CT molecular complexity index is 428. The molecule has 0 heterocycles. The minimum atomic E-state index is -2.85. The molecule has 0 amide bonds. The summed E-state index contributed by atoms with van der Waals surface area (Å²) in [6, 6.07) is 4.39. The van der Waals surface area contributed by atoms with Crippen molar-refractivity contribution in [3.63, 3.8) is 0 Å². The van der Waals surface area contributed by atoms with Crippen molar-refractivity contribution in [3.8, 4) is 5.75 Å². The number of ether oxygens (including phenoxy) is 2. The Morgan fingerprint density at radius 3 is 2.65 bits per heavy atom. The van der Waals surface area contributed by atoms with Gasteiger partial charge in [-0.3, -0.25) is 0 Å². The first-order valence-electron chi connectivity index (χ1n) is 5.29. The first-order valence-corrected chi connectivity index (χ1v) is 5.29. The topological polar surface area (TPSA) is 35.5 Å². The van der Waals surface area contributed by atoms with Crippen molar-refractivity contribution in [3.05, 3.63) is 29.3 Å². The molecule has 0 saturated heterocycles. The number of rotatable bonds is 4. The number of carbonyl (C=O) groups excluding carboxylic acids is 1. The summed E-state index contributed by atoms with van der Waals surface area (Å²) in [5, 5.41) is 0. The summed E-state index contributed by atoms with van der Waals surface area (Å²) in [6.07, 6.45) is 1.87. The molecule has 1 fully saturated rings. The predicted molar refractivity (Wildman–Crippen MR) is 56.4 cm³/mol. The summed E-state index contributed by atoms with van der Waals surface area (Å²) in [7, 11) is 1.28. The highest BCUT2D eigenvalue weighted by atomic mass is 19.3. The lowest BCUT2D eigenvalue weighted by Crippen LogP contribution is -2.06. The van der Waals surface area contributed by atoms with Crippen LogP contribution in [0.2, 0.25) is 0 Å². The van der Waals surface area contributed by atoms with E-state index < -0.39 is 12.6 Å². The van der Waals surface area contributed by atoms with Crippen LogP contribution in [0.15, 0.2) is 18.2 Å². The number of benzene rings is 1. The molecule has 0 unspecified atom stereocenters. The van der Waals surface area contributed by atoms with E-state index in [-0.39, 0.29) is 11.7 Å². The molecule has 3 nitrogen and oxygen atoms in total. The highest BCUT2D eigenvalue weighted by molar-refractivity contribution is 5.89. The quantitative estimate of drug-likeness (QED) is 0.761. The summed E-state index contributed by atoms with van der Waals surface area (Å²) in [4.78, 5) is 11.3. The van der Waals surface area contributed by atoms with Crippen LogP contribution in [0.3, 0.4) is 0 Å². The highest BCUT2D eigenvalue weighted by Crippen LogP contribution is 2.45. The van der Waals surface area contributed by atoms with Gasteiger partial charge in [0.1, 0.15) is 5.75 Å². The Kier molecular flexibility index (Phi) is 3.26.